The van der Waals surface area contributed by atoms with E-state index in [1.54, 1.807) is 0 Å². The third-order valence-corrected chi connectivity index (χ3v) is 4.17. The fourth-order valence-corrected chi connectivity index (χ4v) is 3.07. The quantitative estimate of drug-likeness (QED) is 0.855. The summed E-state index contributed by atoms with van der Waals surface area (Å²) in [5.74, 6) is 0. The molecule has 1 aromatic carbocycles. The van der Waals surface area contributed by atoms with Crippen LogP contribution in [-0.4, -0.2) is 11.5 Å². The Labute approximate surface area is 102 Å². The molecule has 0 amide bonds. The van der Waals surface area contributed by atoms with Crippen molar-refractivity contribution in [3.8, 4) is 0 Å². The van der Waals surface area contributed by atoms with Crippen molar-refractivity contribution in [2.24, 2.45) is 5.73 Å². The van der Waals surface area contributed by atoms with Crippen LogP contribution in [0.3, 0.4) is 0 Å². The van der Waals surface area contributed by atoms with Crippen molar-refractivity contribution in [2.75, 3.05) is 6.54 Å². The van der Waals surface area contributed by atoms with E-state index in [2.05, 4.69) is 29.2 Å². The molecule has 2 N–H and O–H groups in total. The lowest BCUT2D eigenvalue weighted by atomic mass is 9.78. The highest BCUT2D eigenvalue weighted by Crippen LogP contribution is 2.40. The van der Waals surface area contributed by atoms with Crippen molar-refractivity contribution in [3.63, 3.8) is 0 Å². The van der Waals surface area contributed by atoms with Gasteiger partial charge in [0.15, 0.2) is 0 Å². The van der Waals surface area contributed by atoms with E-state index in [4.69, 9.17) is 5.73 Å². The van der Waals surface area contributed by atoms with Gasteiger partial charge in [0.25, 0.3) is 0 Å². The summed E-state index contributed by atoms with van der Waals surface area (Å²) in [4.78, 5) is 4.37. The SMILES string of the molecule is NCC1(c2ccc3ncccc3c2)CCCC1. The highest BCUT2D eigenvalue weighted by molar-refractivity contribution is 5.79. The number of rotatable bonds is 2. The average Bonchev–Trinajstić information content (AvgIpc) is 2.88. The number of aromatic nitrogens is 1. The molecule has 1 saturated carbocycles. The molecule has 17 heavy (non-hydrogen) atoms. The molecule has 88 valence electrons. The second-order valence-electron chi connectivity index (χ2n) is 5.10. The number of fused-ring (bicyclic) bond motifs is 1. The summed E-state index contributed by atoms with van der Waals surface area (Å²) in [7, 11) is 0. The van der Waals surface area contributed by atoms with E-state index in [0.29, 0.717) is 0 Å². The van der Waals surface area contributed by atoms with E-state index in [0.717, 1.165) is 12.1 Å². The minimum absolute atomic E-state index is 0.226. The smallest absolute Gasteiger partial charge is 0.0702 e. The van der Waals surface area contributed by atoms with Crippen LogP contribution in [0.1, 0.15) is 31.2 Å². The van der Waals surface area contributed by atoms with E-state index in [9.17, 15) is 0 Å². The Morgan fingerprint density at radius 1 is 1.18 bits per heavy atom. The first-order chi connectivity index (χ1) is 8.34. The Balaban J connectivity index is 2.10. The van der Waals surface area contributed by atoms with Crippen molar-refractivity contribution in [2.45, 2.75) is 31.1 Å². The molecular formula is C15H18N2. The van der Waals surface area contributed by atoms with E-state index in [-0.39, 0.29) is 5.41 Å². The fourth-order valence-electron chi connectivity index (χ4n) is 3.07. The molecule has 0 radical (unpaired) electrons. The molecule has 0 unspecified atom stereocenters. The van der Waals surface area contributed by atoms with Gasteiger partial charge in [-0.05, 0) is 36.6 Å². The Hall–Kier alpha value is -1.41. The first-order valence-electron chi connectivity index (χ1n) is 6.39. The van der Waals surface area contributed by atoms with Gasteiger partial charge in [0.2, 0.25) is 0 Å². The second kappa shape index (κ2) is 4.11. The summed E-state index contributed by atoms with van der Waals surface area (Å²) >= 11 is 0. The lowest BCUT2D eigenvalue weighted by molar-refractivity contribution is 0.453. The molecule has 0 spiro atoms. The number of pyridine rings is 1. The lowest BCUT2D eigenvalue weighted by Gasteiger charge is -2.28. The topological polar surface area (TPSA) is 38.9 Å². The van der Waals surface area contributed by atoms with Crippen molar-refractivity contribution < 1.29 is 0 Å². The van der Waals surface area contributed by atoms with Crippen LogP contribution >= 0.6 is 0 Å². The van der Waals surface area contributed by atoms with Crippen LogP contribution in [0.4, 0.5) is 0 Å². The Kier molecular flexibility index (Phi) is 2.60. The maximum Gasteiger partial charge on any atom is 0.0702 e. The van der Waals surface area contributed by atoms with Gasteiger partial charge in [-0.25, -0.2) is 0 Å². The molecule has 0 aliphatic heterocycles. The van der Waals surface area contributed by atoms with Crippen LogP contribution < -0.4 is 5.73 Å². The van der Waals surface area contributed by atoms with Crippen molar-refractivity contribution >= 4 is 10.9 Å². The zero-order valence-corrected chi connectivity index (χ0v) is 10.0. The molecule has 2 nitrogen and oxygen atoms in total. The predicted octanol–water partition coefficient (Wildman–Crippen LogP) is 3.01. The molecule has 0 atom stereocenters. The highest BCUT2D eigenvalue weighted by atomic mass is 14.6. The monoisotopic (exact) mass is 226 g/mol. The summed E-state index contributed by atoms with van der Waals surface area (Å²) < 4.78 is 0. The van der Waals surface area contributed by atoms with Crippen LogP contribution in [0.2, 0.25) is 0 Å². The summed E-state index contributed by atoms with van der Waals surface area (Å²) in [6, 6.07) is 10.7. The van der Waals surface area contributed by atoms with E-state index in [1.807, 2.05) is 12.3 Å². The maximum atomic E-state index is 6.03. The third kappa shape index (κ3) is 1.73. The summed E-state index contributed by atoms with van der Waals surface area (Å²) in [6.45, 7) is 0.763. The van der Waals surface area contributed by atoms with Crippen LogP contribution in [0.25, 0.3) is 10.9 Å². The summed E-state index contributed by atoms with van der Waals surface area (Å²) in [5.41, 5.74) is 8.73. The van der Waals surface area contributed by atoms with Crippen LogP contribution in [0, 0.1) is 0 Å². The minimum Gasteiger partial charge on any atom is -0.330 e. The van der Waals surface area contributed by atoms with E-state index < -0.39 is 0 Å². The molecule has 2 aromatic rings. The van der Waals surface area contributed by atoms with Gasteiger partial charge in [-0.3, -0.25) is 4.98 Å². The van der Waals surface area contributed by atoms with E-state index in [1.165, 1.54) is 36.6 Å². The largest absolute Gasteiger partial charge is 0.330 e. The van der Waals surface area contributed by atoms with E-state index >= 15 is 0 Å². The number of hydrogen-bond donors (Lipinski definition) is 1. The molecule has 1 aliphatic carbocycles. The van der Waals surface area contributed by atoms with Gasteiger partial charge < -0.3 is 5.73 Å². The number of nitrogens with two attached hydrogens (primary N) is 1. The molecule has 0 saturated heterocycles. The number of benzene rings is 1. The number of hydrogen-bond acceptors (Lipinski definition) is 2. The molecule has 0 bridgehead atoms. The first kappa shape index (κ1) is 10.7. The fraction of sp³-hybridized carbons (Fsp3) is 0.400. The Morgan fingerprint density at radius 2 is 2.00 bits per heavy atom. The maximum absolute atomic E-state index is 6.03. The molecule has 1 aromatic heterocycles. The van der Waals surface area contributed by atoms with Gasteiger partial charge in [0.1, 0.15) is 0 Å². The van der Waals surface area contributed by atoms with Gasteiger partial charge in [0, 0.05) is 23.5 Å². The normalized spacial score (nSPS) is 18.6. The minimum atomic E-state index is 0.226. The van der Waals surface area contributed by atoms with Gasteiger partial charge in [-0.15, -0.1) is 0 Å². The van der Waals surface area contributed by atoms with Crippen LogP contribution in [0.15, 0.2) is 36.5 Å². The van der Waals surface area contributed by atoms with Gasteiger partial charge in [-0.2, -0.15) is 0 Å². The summed E-state index contributed by atoms with van der Waals surface area (Å²) in [5, 5.41) is 1.23. The Bertz CT molecular complexity index is 527. The second-order valence-corrected chi connectivity index (χ2v) is 5.10. The zero-order valence-electron chi connectivity index (χ0n) is 10.0. The van der Waals surface area contributed by atoms with Gasteiger partial charge in [0.05, 0.1) is 5.52 Å². The highest BCUT2D eigenvalue weighted by Gasteiger charge is 2.34. The third-order valence-electron chi connectivity index (χ3n) is 4.17. The lowest BCUT2D eigenvalue weighted by Crippen LogP contribution is -2.31. The average molecular weight is 226 g/mol. The molecular weight excluding hydrogens is 208 g/mol. The van der Waals surface area contributed by atoms with Crippen molar-refractivity contribution in [1.29, 1.82) is 0 Å². The standard InChI is InChI=1S/C15H18N2/c16-11-15(7-1-2-8-15)13-5-6-14-12(10-13)4-3-9-17-14/h3-6,9-10H,1-2,7-8,11,16H2. The van der Waals surface area contributed by atoms with Gasteiger partial charge in [-0.1, -0.05) is 25.0 Å². The van der Waals surface area contributed by atoms with Crippen molar-refractivity contribution in [1.82, 2.24) is 4.98 Å². The molecule has 1 heterocycles. The van der Waals surface area contributed by atoms with Gasteiger partial charge >= 0.3 is 0 Å². The molecule has 1 aliphatic rings. The van der Waals surface area contributed by atoms with Crippen LogP contribution in [0.5, 0.6) is 0 Å². The summed E-state index contributed by atoms with van der Waals surface area (Å²) in [6.07, 6.45) is 6.92. The molecule has 1 fully saturated rings. The molecule has 2 heteroatoms. The van der Waals surface area contributed by atoms with Crippen molar-refractivity contribution in [3.05, 3.63) is 42.1 Å². The van der Waals surface area contributed by atoms with Crippen LogP contribution in [-0.2, 0) is 5.41 Å². The first-order valence-corrected chi connectivity index (χ1v) is 6.39. The zero-order chi connectivity index (χ0) is 11.7. The number of nitrogens with zero attached hydrogens (tertiary/aromatic N) is 1. The molecule has 3 rings (SSSR count). The predicted molar refractivity (Wildman–Crippen MR) is 70.9 cm³/mol. The Morgan fingerprint density at radius 3 is 2.76 bits per heavy atom.